The lowest BCUT2D eigenvalue weighted by Crippen LogP contribution is -2.35. The van der Waals surface area contributed by atoms with Gasteiger partial charge >= 0.3 is 6.03 Å². The number of hydrogen-bond donors (Lipinski definition) is 3. The van der Waals surface area contributed by atoms with Crippen molar-refractivity contribution in [2.45, 2.75) is 26.2 Å². The van der Waals surface area contributed by atoms with Crippen LogP contribution < -0.4 is 35.5 Å². The number of ether oxygens (including phenoxy) is 3. The molecule has 0 aliphatic carbocycles. The monoisotopic (exact) mass is 605 g/mol. The van der Waals surface area contributed by atoms with Crippen LogP contribution in [0.5, 0.6) is 17.2 Å². The quantitative estimate of drug-likeness (QED) is 0.214. The molecule has 0 spiro atoms. The van der Waals surface area contributed by atoms with E-state index in [0.29, 0.717) is 72.5 Å². The molecule has 0 saturated carbocycles. The first-order valence-corrected chi connectivity index (χ1v) is 14.6. The molecule has 0 fully saturated rings. The Hall–Kier alpha value is -4.77. The molecule has 236 valence electrons. The van der Waals surface area contributed by atoms with Crippen LogP contribution in [-0.4, -0.2) is 77.3 Å². The van der Waals surface area contributed by atoms with Crippen molar-refractivity contribution in [2.75, 3.05) is 64.8 Å². The SMILES string of the molecule is CNC(=O)N(C)CCCCOc1cc(C)ccc1N(C)C(=O)c1ccc(NC(=O)c2ccccc2OCCCN)c(OC)c1. The Morgan fingerprint density at radius 1 is 0.864 bits per heavy atom. The van der Waals surface area contributed by atoms with Gasteiger partial charge in [-0.1, -0.05) is 18.2 Å². The van der Waals surface area contributed by atoms with E-state index in [0.717, 1.165) is 18.4 Å². The fourth-order valence-corrected chi connectivity index (χ4v) is 4.41. The highest BCUT2D eigenvalue weighted by Crippen LogP contribution is 2.32. The van der Waals surface area contributed by atoms with Crippen molar-refractivity contribution in [2.24, 2.45) is 5.73 Å². The van der Waals surface area contributed by atoms with Gasteiger partial charge in [-0.15, -0.1) is 0 Å². The minimum absolute atomic E-state index is 0.131. The number of carbonyl (C=O) groups excluding carboxylic acids is 3. The maximum Gasteiger partial charge on any atom is 0.316 e. The Balaban J connectivity index is 1.71. The van der Waals surface area contributed by atoms with Crippen molar-refractivity contribution in [3.63, 3.8) is 0 Å². The second kappa shape index (κ2) is 16.8. The molecule has 3 rings (SSSR count). The fraction of sp³-hybridized carbons (Fsp3) is 0.364. The summed E-state index contributed by atoms with van der Waals surface area (Å²) in [7, 11) is 6.51. The summed E-state index contributed by atoms with van der Waals surface area (Å²) >= 11 is 0. The third-order valence-electron chi connectivity index (χ3n) is 6.92. The Morgan fingerprint density at radius 2 is 1.59 bits per heavy atom. The van der Waals surface area contributed by atoms with Crippen molar-refractivity contribution in [1.29, 1.82) is 0 Å². The van der Waals surface area contributed by atoms with Gasteiger partial charge in [-0.2, -0.15) is 0 Å². The number of carbonyl (C=O) groups is 3. The van der Waals surface area contributed by atoms with Crippen LogP contribution in [-0.2, 0) is 0 Å². The van der Waals surface area contributed by atoms with Gasteiger partial charge in [-0.25, -0.2) is 4.79 Å². The predicted octanol–water partition coefficient (Wildman–Crippen LogP) is 4.69. The number of para-hydroxylation sites is 1. The number of nitrogens with one attached hydrogen (secondary N) is 2. The highest BCUT2D eigenvalue weighted by atomic mass is 16.5. The number of benzene rings is 3. The van der Waals surface area contributed by atoms with E-state index in [2.05, 4.69) is 10.6 Å². The number of nitrogens with zero attached hydrogens (tertiary/aromatic N) is 2. The van der Waals surface area contributed by atoms with Crippen LogP contribution in [0.1, 0.15) is 45.5 Å². The summed E-state index contributed by atoms with van der Waals surface area (Å²) in [6, 6.07) is 17.4. The average Bonchev–Trinajstić information content (AvgIpc) is 3.04. The zero-order chi connectivity index (χ0) is 32.1. The molecule has 11 heteroatoms. The number of amides is 4. The third-order valence-corrected chi connectivity index (χ3v) is 6.92. The summed E-state index contributed by atoms with van der Waals surface area (Å²) in [6.45, 7) is 3.89. The molecular weight excluding hydrogens is 562 g/mol. The molecule has 4 N–H and O–H groups in total. The molecule has 0 aromatic heterocycles. The van der Waals surface area contributed by atoms with Crippen molar-refractivity contribution >= 4 is 29.2 Å². The van der Waals surface area contributed by atoms with Crippen LogP contribution in [0.3, 0.4) is 0 Å². The van der Waals surface area contributed by atoms with E-state index >= 15 is 0 Å². The van der Waals surface area contributed by atoms with E-state index in [1.165, 1.54) is 12.0 Å². The number of anilines is 2. The van der Waals surface area contributed by atoms with Crippen LogP contribution in [0.25, 0.3) is 0 Å². The molecule has 11 nitrogen and oxygen atoms in total. The molecule has 0 unspecified atom stereocenters. The lowest BCUT2D eigenvalue weighted by molar-refractivity contribution is 0.0990. The summed E-state index contributed by atoms with van der Waals surface area (Å²) in [6.07, 6.45) is 2.18. The molecule has 0 saturated heterocycles. The molecule has 0 aliphatic rings. The molecule has 0 bridgehead atoms. The Kier molecular flexibility index (Phi) is 12.8. The van der Waals surface area contributed by atoms with E-state index in [4.69, 9.17) is 19.9 Å². The number of aryl methyl sites for hydroxylation is 1. The van der Waals surface area contributed by atoms with E-state index in [1.807, 2.05) is 25.1 Å². The molecular formula is C33H43N5O6. The lowest BCUT2D eigenvalue weighted by Gasteiger charge is -2.22. The number of unbranched alkanes of at least 4 members (excludes halogenated alkanes) is 1. The molecule has 0 heterocycles. The second-order valence-electron chi connectivity index (χ2n) is 10.2. The van der Waals surface area contributed by atoms with E-state index in [1.54, 1.807) is 68.5 Å². The minimum atomic E-state index is -0.371. The van der Waals surface area contributed by atoms with Gasteiger partial charge in [0.2, 0.25) is 0 Å². The highest BCUT2D eigenvalue weighted by Gasteiger charge is 2.21. The summed E-state index contributed by atoms with van der Waals surface area (Å²) in [5.41, 5.74) is 8.32. The first kappa shape index (κ1) is 33.7. The number of nitrogens with two attached hydrogens (primary N) is 1. The van der Waals surface area contributed by atoms with Gasteiger partial charge in [0.25, 0.3) is 11.8 Å². The van der Waals surface area contributed by atoms with E-state index in [-0.39, 0.29) is 17.8 Å². The summed E-state index contributed by atoms with van der Waals surface area (Å²) < 4.78 is 17.4. The summed E-state index contributed by atoms with van der Waals surface area (Å²) in [5, 5.41) is 5.46. The molecule has 0 radical (unpaired) electrons. The maximum absolute atomic E-state index is 13.6. The smallest absolute Gasteiger partial charge is 0.316 e. The molecule has 4 amide bonds. The van der Waals surface area contributed by atoms with Crippen LogP contribution in [0.2, 0.25) is 0 Å². The van der Waals surface area contributed by atoms with Crippen molar-refractivity contribution in [3.8, 4) is 17.2 Å². The lowest BCUT2D eigenvalue weighted by atomic mass is 10.1. The van der Waals surface area contributed by atoms with Gasteiger partial charge in [-0.05, 0) is 80.8 Å². The highest BCUT2D eigenvalue weighted by molar-refractivity contribution is 6.09. The van der Waals surface area contributed by atoms with Crippen LogP contribution in [0, 0.1) is 6.92 Å². The second-order valence-corrected chi connectivity index (χ2v) is 10.2. The fourth-order valence-electron chi connectivity index (χ4n) is 4.41. The third kappa shape index (κ3) is 9.11. The normalized spacial score (nSPS) is 10.5. The number of rotatable bonds is 15. The van der Waals surface area contributed by atoms with Gasteiger partial charge < -0.3 is 40.4 Å². The largest absolute Gasteiger partial charge is 0.495 e. The van der Waals surface area contributed by atoms with E-state index in [9.17, 15) is 14.4 Å². The standard InChI is InChI=1S/C33H43N5O6/c1-23-13-16-27(30(21-23)44-19-9-8-18-37(3)33(41)35-2)38(4)32(40)24-14-15-26(29(22-24)42-5)36-31(39)25-11-6-7-12-28(25)43-20-10-17-34/h6-7,11-16,21-22H,8-10,17-20,34H2,1-5H3,(H,35,41)(H,36,39). The predicted molar refractivity (Wildman–Crippen MR) is 172 cm³/mol. The Morgan fingerprint density at radius 3 is 2.32 bits per heavy atom. The first-order chi connectivity index (χ1) is 21.2. The van der Waals surface area contributed by atoms with Gasteiger partial charge in [0, 0.05) is 33.3 Å². The number of urea groups is 1. The Bertz CT molecular complexity index is 1430. The van der Waals surface area contributed by atoms with Gasteiger partial charge in [0.15, 0.2) is 0 Å². The van der Waals surface area contributed by atoms with Crippen LogP contribution in [0.4, 0.5) is 16.2 Å². The molecule has 3 aromatic carbocycles. The summed E-state index contributed by atoms with van der Waals surface area (Å²) in [4.78, 5) is 41.5. The molecule has 3 aromatic rings. The van der Waals surface area contributed by atoms with Gasteiger partial charge in [-0.3, -0.25) is 9.59 Å². The number of hydrogen-bond acceptors (Lipinski definition) is 7. The van der Waals surface area contributed by atoms with Crippen LogP contribution >= 0.6 is 0 Å². The summed E-state index contributed by atoms with van der Waals surface area (Å²) in [5.74, 6) is 0.730. The number of methoxy groups -OCH3 is 1. The zero-order valence-corrected chi connectivity index (χ0v) is 26.1. The average molecular weight is 606 g/mol. The van der Waals surface area contributed by atoms with E-state index < -0.39 is 0 Å². The molecule has 0 atom stereocenters. The van der Waals surface area contributed by atoms with Crippen molar-refractivity contribution < 1.29 is 28.6 Å². The first-order valence-electron chi connectivity index (χ1n) is 14.6. The van der Waals surface area contributed by atoms with Crippen LogP contribution in [0.15, 0.2) is 60.7 Å². The van der Waals surface area contributed by atoms with Crippen molar-refractivity contribution in [3.05, 3.63) is 77.4 Å². The maximum atomic E-state index is 13.6. The topological polar surface area (TPSA) is 135 Å². The zero-order valence-electron chi connectivity index (χ0n) is 26.1. The minimum Gasteiger partial charge on any atom is -0.495 e. The Labute approximate surface area is 259 Å². The van der Waals surface area contributed by atoms with Gasteiger partial charge in [0.1, 0.15) is 17.2 Å². The van der Waals surface area contributed by atoms with Crippen molar-refractivity contribution in [1.82, 2.24) is 10.2 Å². The molecule has 44 heavy (non-hydrogen) atoms. The molecule has 0 aliphatic heterocycles. The van der Waals surface area contributed by atoms with Gasteiger partial charge in [0.05, 0.1) is 37.3 Å².